The molecular formula is C15H22N2O3. The fourth-order valence-corrected chi connectivity index (χ4v) is 1.77. The Morgan fingerprint density at radius 1 is 1.25 bits per heavy atom. The number of benzene rings is 1. The predicted molar refractivity (Wildman–Crippen MR) is 77.1 cm³/mol. The number of aryl methyl sites for hydroxylation is 1. The molecule has 3 atom stereocenters. The lowest BCUT2D eigenvalue weighted by atomic mass is 10.0. The molecule has 4 N–H and O–H groups in total. The van der Waals surface area contributed by atoms with E-state index >= 15 is 0 Å². The van der Waals surface area contributed by atoms with E-state index in [1.54, 1.807) is 13.8 Å². The Kier molecular flexibility index (Phi) is 6.18. The van der Waals surface area contributed by atoms with Gasteiger partial charge in [0.25, 0.3) is 0 Å². The smallest absolute Gasteiger partial charge is 0.308 e. The molecule has 1 amide bonds. The van der Waals surface area contributed by atoms with Crippen molar-refractivity contribution in [3.05, 3.63) is 35.9 Å². The highest BCUT2D eigenvalue weighted by Crippen LogP contribution is 2.06. The van der Waals surface area contributed by atoms with Crippen LogP contribution < -0.4 is 11.1 Å². The Labute approximate surface area is 119 Å². The fourth-order valence-electron chi connectivity index (χ4n) is 1.77. The second-order valence-electron chi connectivity index (χ2n) is 5.05. The average molecular weight is 278 g/mol. The standard InChI is InChI=1S/C15H22N2O3/c1-10(15(19)20)11(2)17-14(18)13(16)9-8-12-6-4-3-5-7-12/h3-7,10-11,13H,8-9,16H2,1-2H3,(H,17,18)(H,19,20)/t10?,11?,13-/m0/s1. The van der Waals surface area contributed by atoms with Crippen molar-refractivity contribution in [1.29, 1.82) is 0 Å². The minimum absolute atomic E-state index is 0.304. The third-order valence-electron chi connectivity index (χ3n) is 3.43. The van der Waals surface area contributed by atoms with Gasteiger partial charge in [-0.25, -0.2) is 0 Å². The fraction of sp³-hybridized carbons (Fsp3) is 0.467. The Bertz CT molecular complexity index is 448. The third kappa shape index (κ3) is 5.01. The van der Waals surface area contributed by atoms with Crippen LogP contribution in [0.2, 0.25) is 0 Å². The first-order chi connectivity index (χ1) is 9.41. The number of nitrogens with two attached hydrogens (primary N) is 1. The lowest BCUT2D eigenvalue weighted by molar-refractivity contribution is -0.142. The van der Waals surface area contributed by atoms with E-state index in [9.17, 15) is 9.59 Å². The quantitative estimate of drug-likeness (QED) is 0.698. The second-order valence-corrected chi connectivity index (χ2v) is 5.05. The first kappa shape index (κ1) is 16.2. The van der Waals surface area contributed by atoms with Gasteiger partial charge in [0.05, 0.1) is 12.0 Å². The highest BCUT2D eigenvalue weighted by molar-refractivity contribution is 5.82. The molecule has 2 unspecified atom stereocenters. The second kappa shape index (κ2) is 7.65. The molecule has 0 saturated heterocycles. The molecule has 0 spiro atoms. The van der Waals surface area contributed by atoms with Crippen LogP contribution in [0.25, 0.3) is 0 Å². The van der Waals surface area contributed by atoms with E-state index in [1.165, 1.54) is 0 Å². The molecule has 0 heterocycles. The highest BCUT2D eigenvalue weighted by atomic mass is 16.4. The third-order valence-corrected chi connectivity index (χ3v) is 3.43. The van der Waals surface area contributed by atoms with Crippen molar-refractivity contribution in [2.75, 3.05) is 0 Å². The molecule has 0 bridgehead atoms. The van der Waals surface area contributed by atoms with E-state index in [4.69, 9.17) is 10.8 Å². The summed E-state index contributed by atoms with van der Waals surface area (Å²) in [6, 6.07) is 8.72. The number of carboxylic acid groups (broad SMARTS) is 1. The maximum atomic E-state index is 11.9. The summed E-state index contributed by atoms with van der Waals surface area (Å²) >= 11 is 0. The predicted octanol–water partition coefficient (Wildman–Crippen LogP) is 1.17. The molecule has 5 heteroatoms. The van der Waals surface area contributed by atoms with Crippen molar-refractivity contribution in [2.45, 2.75) is 38.8 Å². The van der Waals surface area contributed by atoms with Gasteiger partial charge < -0.3 is 16.2 Å². The number of amides is 1. The van der Waals surface area contributed by atoms with Gasteiger partial charge >= 0.3 is 5.97 Å². The lowest BCUT2D eigenvalue weighted by Gasteiger charge is -2.20. The first-order valence-electron chi connectivity index (χ1n) is 6.74. The maximum absolute atomic E-state index is 11.9. The molecular weight excluding hydrogens is 256 g/mol. The minimum Gasteiger partial charge on any atom is -0.481 e. The zero-order valence-electron chi connectivity index (χ0n) is 11.9. The van der Waals surface area contributed by atoms with Crippen molar-refractivity contribution < 1.29 is 14.7 Å². The van der Waals surface area contributed by atoms with Gasteiger partial charge in [-0.05, 0) is 32.3 Å². The summed E-state index contributed by atoms with van der Waals surface area (Å²) in [4.78, 5) is 22.7. The number of aliphatic carboxylic acids is 1. The molecule has 0 aromatic heterocycles. The molecule has 5 nitrogen and oxygen atoms in total. The van der Waals surface area contributed by atoms with Gasteiger partial charge in [-0.1, -0.05) is 30.3 Å². The zero-order chi connectivity index (χ0) is 15.1. The van der Waals surface area contributed by atoms with Crippen LogP contribution in [0.4, 0.5) is 0 Å². The van der Waals surface area contributed by atoms with Crippen molar-refractivity contribution >= 4 is 11.9 Å². The molecule has 0 aliphatic carbocycles. The number of rotatable bonds is 7. The number of carbonyl (C=O) groups excluding carboxylic acids is 1. The van der Waals surface area contributed by atoms with Gasteiger partial charge in [0.15, 0.2) is 0 Å². The van der Waals surface area contributed by atoms with Crippen LogP contribution in [0, 0.1) is 5.92 Å². The zero-order valence-corrected chi connectivity index (χ0v) is 11.9. The van der Waals surface area contributed by atoms with E-state index in [0.29, 0.717) is 6.42 Å². The van der Waals surface area contributed by atoms with Gasteiger partial charge in [0.1, 0.15) is 0 Å². The van der Waals surface area contributed by atoms with Gasteiger partial charge in [0, 0.05) is 6.04 Å². The molecule has 1 rings (SSSR count). The Balaban J connectivity index is 2.41. The van der Waals surface area contributed by atoms with Crippen molar-refractivity contribution in [1.82, 2.24) is 5.32 Å². The van der Waals surface area contributed by atoms with Gasteiger partial charge in [-0.15, -0.1) is 0 Å². The summed E-state index contributed by atoms with van der Waals surface area (Å²) in [5.74, 6) is -1.88. The van der Waals surface area contributed by atoms with Gasteiger partial charge in [-0.2, -0.15) is 0 Å². The molecule has 110 valence electrons. The summed E-state index contributed by atoms with van der Waals surface area (Å²) in [6.45, 7) is 3.23. The Hall–Kier alpha value is -1.88. The van der Waals surface area contributed by atoms with E-state index in [-0.39, 0.29) is 5.91 Å². The van der Waals surface area contributed by atoms with Gasteiger partial charge in [0.2, 0.25) is 5.91 Å². The normalized spacial score (nSPS) is 15.2. The molecule has 0 fully saturated rings. The number of hydrogen-bond donors (Lipinski definition) is 3. The first-order valence-corrected chi connectivity index (χ1v) is 6.74. The topological polar surface area (TPSA) is 92.4 Å². The SMILES string of the molecule is CC(NC(=O)[C@@H](N)CCc1ccccc1)C(C)C(=O)O. The van der Waals surface area contributed by atoms with Crippen molar-refractivity contribution in [3.8, 4) is 0 Å². The summed E-state index contributed by atoms with van der Waals surface area (Å²) in [6.07, 6.45) is 1.25. The van der Waals surface area contributed by atoms with E-state index in [0.717, 1.165) is 12.0 Å². The highest BCUT2D eigenvalue weighted by Gasteiger charge is 2.23. The average Bonchev–Trinajstić information content (AvgIpc) is 2.44. The molecule has 1 aromatic carbocycles. The van der Waals surface area contributed by atoms with Crippen LogP contribution in [0.1, 0.15) is 25.8 Å². The summed E-state index contributed by atoms with van der Waals surface area (Å²) in [5.41, 5.74) is 6.96. The molecule has 0 radical (unpaired) electrons. The van der Waals surface area contributed by atoms with E-state index in [1.807, 2.05) is 30.3 Å². The summed E-state index contributed by atoms with van der Waals surface area (Å²) in [7, 11) is 0. The van der Waals surface area contributed by atoms with Crippen LogP contribution in [-0.2, 0) is 16.0 Å². The Morgan fingerprint density at radius 3 is 2.40 bits per heavy atom. The molecule has 20 heavy (non-hydrogen) atoms. The largest absolute Gasteiger partial charge is 0.481 e. The van der Waals surface area contributed by atoms with Crippen LogP contribution in [0.15, 0.2) is 30.3 Å². The number of nitrogens with one attached hydrogen (secondary N) is 1. The monoisotopic (exact) mass is 278 g/mol. The van der Waals surface area contributed by atoms with Crippen molar-refractivity contribution in [2.24, 2.45) is 11.7 Å². The van der Waals surface area contributed by atoms with Gasteiger partial charge in [-0.3, -0.25) is 9.59 Å². The molecule has 1 aromatic rings. The summed E-state index contributed by atoms with van der Waals surface area (Å²) < 4.78 is 0. The summed E-state index contributed by atoms with van der Waals surface area (Å²) in [5, 5.41) is 11.5. The minimum atomic E-state index is -0.935. The van der Waals surface area contributed by atoms with Crippen LogP contribution in [0.5, 0.6) is 0 Å². The number of hydrogen-bond acceptors (Lipinski definition) is 3. The molecule has 0 aliphatic rings. The number of carboxylic acids is 1. The Morgan fingerprint density at radius 2 is 1.85 bits per heavy atom. The van der Waals surface area contributed by atoms with E-state index < -0.39 is 24.0 Å². The van der Waals surface area contributed by atoms with Crippen LogP contribution >= 0.6 is 0 Å². The lowest BCUT2D eigenvalue weighted by Crippen LogP contribution is -2.47. The molecule has 0 aliphatic heterocycles. The van der Waals surface area contributed by atoms with E-state index in [2.05, 4.69) is 5.32 Å². The molecule has 0 saturated carbocycles. The maximum Gasteiger partial charge on any atom is 0.308 e. The van der Waals surface area contributed by atoms with Crippen molar-refractivity contribution in [3.63, 3.8) is 0 Å². The van der Waals surface area contributed by atoms with Crippen LogP contribution in [-0.4, -0.2) is 29.1 Å². The number of carbonyl (C=O) groups is 2. The van der Waals surface area contributed by atoms with Crippen LogP contribution in [0.3, 0.4) is 0 Å².